The predicted molar refractivity (Wildman–Crippen MR) is 67.1 cm³/mol. The molecule has 1 aromatic heterocycles. The van der Waals surface area contributed by atoms with E-state index in [1.165, 1.54) is 0 Å². The first-order chi connectivity index (χ1) is 7.57. The highest BCUT2D eigenvalue weighted by atomic mass is 32.1. The molecular weight excluding hydrogens is 222 g/mol. The highest BCUT2D eigenvalue weighted by molar-refractivity contribution is 7.13. The molecule has 90 valence electrons. The monoisotopic (exact) mass is 241 g/mol. The molecule has 5 heteroatoms. The molecular formula is C11H19N3OS. The lowest BCUT2D eigenvalue weighted by atomic mass is 10.1. The third-order valence-electron chi connectivity index (χ3n) is 2.73. The number of hydrogen-bond donors (Lipinski definition) is 2. The molecule has 1 aromatic rings. The largest absolute Gasteiger partial charge is 0.384 e. The van der Waals surface area contributed by atoms with Crippen molar-refractivity contribution < 1.29 is 5.11 Å². The molecule has 0 atom stereocenters. The molecule has 0 bridgehead atoms. The van der Waals surface area contributed by atoms with Crippen LogP contribution in [-0.2, 0) is 5.60 Å². The minimum atomic E-state index is -0.834. The molecule has 2 heterocycles. The summed E-state index contributed by atoms with van der Waals surface area (Å²) in [6.07, 6.45) is 1.15. The predicted octanol–water partition coefficient (Wildman–Crippen LogP) is 1.17. The Morgan fingerprint density at radius 3 is 2.94 bits per heavy atom. The van der Waals surface area contributed by atoms with Gasteiger partial charge >= 0.3 is 0 Å². The number of thiazole rings is 1. The molecule has 0 saturated carbocycles. The van der Waals surface area contributed by atoms with Crippen molar-refractivity contribution in [1.82, 2.24) is 10.3 Å². The maximum atomic E-state index is 9.87. The van der Waals surface area contributed by atoms with Crippen molar-refractivity contribution in [2.45, 2.75) is 25.9 Å². The molecule has 2 N–H and O–H groups in total. The topological polar surface area (TPSA) is 48.4 Å². The molecule has 4 nitrogen and oxygen atoms in total. The lowest BCUT2D eigenvalue weighted by Gasteiger charge is -2.19. The van der Waals surface area contributed by atoms with E-state index in [1.54, 1.807) is 25.2 Å². The molecule has 0 amide bonds. The first-order valence-electron chi connectivity index (χ1n) is 5.71. The summed E-state index contributed by atoms with van der Waals surface area (Å²) in [4.78, 5) is 6.81. The maximum Gasteiger partial charge on any atom is 0.185 e. The molecule has 2 rings (SSSR count). The third kappa shape index (κ3) is 2.72. The van der Waals surface area contributed by atoms with Gasteiger partial charge < -0.3 is 15.3 Å². The Bertz CT molecular complexity index is 337. The number of anilines is 1. The Labute approximate surface area is 100 Å². The van der Waals surface area contributed by atoms with Gasteiger partial charge in [0.1, 0.15) is 5.60 Å². The zero-order chi connectivity index (χ0) is 11.6. The maximum absolute atomic E-state index is 9.87. The van der Waals surface area contributed by atoms with E-state index in [4.69, 9.17) is 0 Å². The average molecular weight is 241 g/mol. The molecule has 0 aromatic carbocycles. The Hall–Kier alpha value is -0.650. The van der Waals surface area contributed by atoms with E-state index < -0.39 is 5.60 Å². The van der Waals surface area contributed by atoms with E-state index in [1.807, 2.05) is 5.38 Å². The van der Waals surface area contributed by atoms with Crippen molar-refractivity contribution in [3.8, 4) is 0 Å². The summed E-state index contributed by atoms with van der Waals surface area (Å²) in [5.41, 5.74) is -0.0662. The normalized spacial score (nSPS) is 18.6. The highest BCUT2D eigenvalue weighted by Crippen LogP contribution is 2.27. The van der Waals surface area contributed by atoms with Crippen molar-refractivity contribution in [3.63, 3.8) is 0 Å². The van der Waals surface area contributed by atoms with Gasteiger partial charge in [-0.3, -0.25) is 0 Å². The lowest BCUT2D eigenvalue weighted by molar-refractivity contribution is 0.0746. The fourth-order valence-corrected chi connectivity index (χ4v) is 2.77. The van der Waals surface area contributed by atoms with Crippen LogP contribution in [0.2, 0.25) is 0 Å². The summed E-state index contributed by atoms with van der Waals surface area (Å²) in [5.74, 6) is 0. The van der Waals surface area contributed by atoms with Crippen LogP contribution in [0.5, 0.6) is 0 Å². The van der Waals surface area contributed by atoms with E-state index in [0.717, 1.165) is 43.4 Å². The van der Waals surface area contributed by atoms with Gasteiger partial charge in [0.15, 0.2) is 5.13 Å². The minimum Gasteiger partial charge on any atom is -0.384 e. The number of rotatable bonds is 2. The summed E-state index contributed by atoms with van der Waals surface area (Å²) in [5, 5.41) is 16.2. The summed E-state index contributed by atoms with van der Waals surface area (Å²) in [6, 6.07) is 0. The highest BCUT2D eigenvalue weighted by Gasteiger charge is 2.21. The minimum absolute atomic E-state index is 0.768. The lowest BCUT2D eigenvalue weighted by Crippen LogP contribution is -2.28. The van der Waals surface area contributed by atoms with Gasteiger partial charge in [-0.2, -0.15) is 0 Å². The molecule has 0 spiro atoms. The zero-order valence-electron chi connectivity index (χ0n) is 9.86. The van der Waals surface area contributed by atoms with E-state index in [2.05, 4.69) is 15.2 Å². The van der Waals surface area contributed by atoms with Crippen molar-refractivity contribution in [2.75, 3.05) is 31.1 Å². The van der Waals surface area contributed by atoms with Gasteiger partial charge in [-0.15, -0.1) is 11.3 Å². The zero-order valence-corrected chi connectivity index (χ0v) is 10.7. The van der Waals surface area contributed by atoms with Gasteiger partial charge in [0.25, 0.3) is 0 Å². The summed E-state index contributed by atoms with van der Waals surface area (Å²) >= 11 is 1.62. The second-order valence-corrected chi connectivity index (χ2v) is 5.50. The van der Waals surface area contributed by atoms with Gasteiger partial charge in [-0.1, -0.05) is 0 Å². The Morgan fingerprint density at radius 2 is 2.25 bits per heavy atom. The van der Waals surface area contributed by atoms with Gasteiger partial charge in [0.2, 0.25) is 0 Å². The summed E-state index contributed by atoms with van der Waals surface area (Å²) in [6.45, 7) is 7.69. The molecule has 16 heavy (non-hydrogen) atoms. The van der Waals surface area contributed by atoms with Crippen molar-refractivity contribution in [1.29, 1.82) is 0 Å². The van der Waals surface area contributed by atoms with Crippen LogP contribution in [0.4, 0.5) is 5.13 Å². The number of nitrogens with zero attached hydrogens (tertiary/aromatic N) is 2. The number of nitrogens with one attached hydrogen (secondary N) is 1. The van der Waals surface area contributed by atoms with Gasteiger partial charge in [-0.05, 0) is 26.8 Å². The summed E-state index contributed by atoms with van der Waals surface area (Å²) < 4.78 is 0. The van der Waals surface area contributed by atoms with Crippen molar-refractivity contribution in [2.24, 2.45) is 0 Å². The van der Waals surface area contributed by atoms with Crippen LogP contribution in [0, 0.1) is 0 Å². The number of aromatic nitrogens is 1. The number of aliphatic hydroxyl groups is 1. The van der Waals surface area contributed by atoms with Gasteiger partial charge in [0.05, 0.1) is 5.69 Å². The van der Waals surface area contributed by atoms with E-state index in [-0.39, 0.29) is 0 Å². The Kier molecular flexibility index (Phi) is 3.47. The first-order valence-corrected chi connectivity index (χ1v) is 6.59. The van der Waals surface area contributed by atoms with Crippen molar-refractivity contribution in [3.05, 3.63) is 11.1 Å². The van der Waals surface area contributed by atoms with Gasteiger partial charge in [0, 0.05) is 25.0 Å². The molecule has 0 unspecified atom stereocenters. The molecule has 1 aliphatic heterocycles. The Balaban J connectivity index is 2.11. The smallest absolute Gasteiger partial charge is 0.185 e. The van der Waals surface area contributed by atoms with Crippen LogP contribution in [0.3, 0.4) is 0 Å². The standard InChI is InChI=1S/C11H19N3OS/c1-11(2,15)9-8-16-10(13-9)14-6-3-4-12-5-7-14/h8,12,15H,3-7H2,1-2H3. The van der Waals surface area contributed by atoms with Gasteiger partial charge in [-0.25, -0.2) is 4.98 Å². The third-order valence-corrected chi connectivity index (χ3v) is 3.63. The SMILES string of the molecule is CC(C)(O)c1csc(N2CCCNCC2)n1. The van der Waals surface area contributed by atoms with E-state index in [9.17, 15) is 5.11 Å². The second-order valence-electron chi connectivity index (χ2n) is 4.66. The molecule has 0 aliphatic carbocycles. The van der Waals surface area contributed by atoms with Crippen LogP contribution in [0.1, 0.15) is 26.0 Å². The average Bonchev–Trinajstić information content (AvgIpc) is 2.55. The summed E-state index contributed by atoms with van der Waals surface area (Å²) in [7, 11) is 0. The Morgan fingerprint density at radius 1 is 1.44 bits per heavy atom. The molecule has 0 radical (unpaired) electrons. The fraction of sp³-hybridized carbons (Fsp3) is 0.727. The molecule has 1 aliphatic rings. The number of hydrogen-bond acceptors (Lipinski definition) is 5. The van der Waals surface area contributed by atoms with Crippen LogP contribution in [0.25, 0.3) is 0 Å². The first kappa shape index (κ1) is 11.8. The molecule has 1 saturated heterocycles. The van der Waals surface area contributed by atoms with Crippen LogP contribution in [0.15, 0.2) is 5.38 Å². The second kappa shape index (κ2) is 4.69. The van der Waals surface area contributed by atoms with Crippen LogP contribution >= 0.6 is 11.3 Å². The van der Waals surface area contributed by atoms with Crippen LogP contribution in [-0.4, -0.2) is 36.3 Å². The quantitative estimate of drug-likeness (QED) is 0.816. The molecule has 1 fully saturated rings. The fourth-order valence-electron chi connectivity index (χ4n) is 1.73. The van der Waals surface area contributed by atoms with E-state index in [0.29, 0.717) is 0 Å². The van der Waals surface area contributed by atoms with Crippen LogP contribution < -0.4 is 10.2 Å². The van der Waals surface area contributed by atoms with E-state index >= 15 is 0 Å². The van der Waals surface area contributed by atoms with Crippen molar-refractivity contribution >= 4 is 16.5 Å².